The van der Waals surface area contributed by atoms with Crippen molar-refractivity contribution in [3.8, 4) is 11.1 Å². The standard InChI is InChI=1S/C40H34F6N6O8S2/c1-3-21-17-23(37(61(55,56)57)19-31(51-47)33(49-35(53)39(41,42)43)27-9-5-7-11-29(27)37)13-15-25(21)26-16-14-24(18-22(26)4-2)38(62(58,59)60)20-32(52-48)34(50-36(54)40(44,45)46)28-10-6-8-12-30(28)38/h5-18,47-48H,3-4,19-20H2,1-2H3,(H,49,53)(H,50,54)(H,55,56,57)(H,58,59,60)/b51-47+,52-48+. The van der Waals surface area contributed by atoms with Gasteiger partial charge in [0.15, 0.2) is 9.49 Å². The topological polar surface area (TPSA) is 239 Å². The minimum Gasteiger partial charge on any atom is -0.316 e. The number of rotatable bonds is 11. The Bertz CT molecular complexity index is 2750. The SMILES string of the molecule is [H]/N=N/C1=C(NC(=O)C(F)(F)F)c2ccccc2C(c2ccc(-c3ccc(C4(S(=O)(=O)O)CC(/N=N/[H])=C(NC(=O)C(F)(F)F)c5ccccc54)cc3CC)c(CC)c2)(S(=O)(=O)O)C1. The zero-order chi connectivity index (χ0) is 47.2. The number of hydrogen-bond donors (Lipinski definition) is 6. The van der Waals surface area contributed by atoms with E-state index in [4.69, 9.17) is 2.82 Å². The van der Waals surface area contributed by atoms with Gasteiger partial charge in [0.05, 0.1) is 22.8 Å². The van der Waals surface area contributed by atoms with Gasteiger partial charge >= 0.3 is 24.2 Å². The molecule has 2 atom stereocenters. The van der Waals surface area contributed by atoms with Gasteiger partial charge < -0.3 is 10.6 Å². The van der Waals surface area contributed by atoms with E-state index < -0.39 is 89.5 Å². The Kier molecular flexibility index (Phi) is 11.0. The van der Waals surface area contributed by atoms with Gasteiger partial charge in [-0.05, 0) is 57.3 Å². The lowest BCUT2D eigenvalue weighted by Gasteiger charge is -2.38. The predicted octanol–water partition coefficient (Wildman–Crippen LogP) is 8.30. The van der Waals surface area contributed by atoms with Gasteiger partial charge in [-0.1, -0.05) is 98.8 Å². The van der Waals surface area contributed by atoms with Crippen molar-refractivity contribution in [2.24, 2.45) is 10.2 Å². The number of alkyl halides is 6. The molecule has 0 saturated carbocycles. The minimum atomic E-state index is -5.38. The van der Waals surface area contributed by atoms with Crippen LogP contribution in [-0.2, 0) is 52.2 Å². The van der Waals surface area contributed by atoms with Gasteiger partial charge in [-0.15, -0.1) is 0 Å². The lowest BCUT2D eigenvalue weighted by Crippen LogP contribution is -2.43. The molecular formula is C40H34F6N6O8S2. The Morgan fingerprint density at radius 2 is 1.00 bits per heavy atom. The number of nitrogens with one attached hydrogen (secondary N) is 4. The molecule has 14 nitrogen and oxygen atoms in total. The molecule has 0 fully saturated rings. The average Bonchev–Trinajstić information content (AvgIpc) is 3.23. The molecule has 22 heteroatoms. The first-order valence-electron chi connectivity index (χ1n) is 19.1. The maximum absolute atomic E-state index is 13.7. The molecule has 62 heavy (non-hydrogen) atoms. The molecule has 0 aliphatic heterocycles. The summed E-state index contributed by atoms with van der Waals surface area (Å²) in [4.78, 5) is 24.2. The minimum absolute atomic E-state index is 0.1000. The number of carbonyl (C=O) groups excluding carboxylic acids is 2. The summed E-state index contributed by atoms with van der Waals surface area (Å²) in [6.45, 7) is 3.41. The van der Waals surface area contributed by atoms with Crippen molar-refractivity contribution in [3.05, 3.63) is 141 Å². The molecule has 6 rings (SSSR count). The maximum atomic E-state index is 13.7. The number of fused-ring (bicyclic) bond motifs is 2. The van der Waals surface area contributed by atoms with E-state index in [2.05, 4.69) is 21.3 Å². The van der Waals surface area contributed by atoms with E-state index in [0.717, 1.165) is 0 Å². The molecule has 0 radical (unpaired) electrons. The van der Waals surface area contributed by atoms with E-state index in [1.165, 1.54) is 84.9 Å². The molecule has 0 aromatic heterocycles. The fraction of sp³-hybridized carbons (Fsp3) is 0.250. The monoisotopic (exact) mass is 904 g/mol. The van der Waals surface area contributed by atoms with E-state index >= 15 is 0 Å². The Balaban J connectivity index is 1.54. The van der Waals surface area contributed by atoms with Gasteiger partial charge in [-0.25, -0.2) is 11.0 Å². The number of carbonyl (C=O) groups is 2. The number of aryl methyl sites for hydroxylation is 2. The van der Waals surface area contributed by atoms with Crippen LogP contribution in [0.5, 0.6) is 0 Å². The van der Waals surface area contributed by atoms with Crippen molar-refractivity contribution in [2.45, 2.75) is 61.4 Å². The number of hydrogen-bond acceptors (Lipinski definition) is 10. The van der Waals surface area contributed by atoms with Crippen molar-refractivity contribution in [3.63, 3.8) is 0 Å². The zero-order valence-corrected chi connectivity index (χ0v) is 33.8. The van der Waals surface area contributed by atoms with Crippen LogP contribution in [0.1, 0.15) is 71.2 Å². The first kappa shape index (κ1) is 42.6. The molecule has 0 saturated heterocycles. The molecule has 4 aromatic rings. The van der Waals surface area contributed by atoms with Gasteiger partial charge in [0, 0.05) is 24.0 Å². The summed E-state index contributed by atoms with van der Waals surface area (Å²) in [5.41, 5.74) is 3.98. The summed E-state index contributed by atoms with van der Waals surface area (Å²) in [5.74, 6) is -4.84. The van der Waals surface area contributed by atoms with Crippen molar-refractivity contribution >= 4 is 43.4 Å². The van der Waals surface area contributed by atoms with Crippen molar-refractivity contribution < 1.29 is 64.7 Å². The number of benzene rings is 4. The summed E-state index contributed by atoms with van der Waals surface area (Å²) in [7, 11) is -10.6. The van der Waals surface area contributed by atoms with Crippen LogP contribution >= 0.6 is 0 Å². The molecule has 0 spiro atoms. The lowest BCUT2D eigenvalue weighted by atomic mass is 9.76. The van der Waals surface area contributed by atoms with E-state index in [0.29, 0.717) is 22.3 Å². The van der Waals surface area contributed by atoms with Gasteiger partial charge in [-0.2, -0.15) is 53.4 Å². The highest BCUT2D eigenvalue weighted by molar-refractivity contribution is 7.87. The van der Waals surface area contributed by atoms with E-state index in [-0.39, 0.29) is 46.2 Å². The highest BCUT2D eigenvalue weighted by Gasteiger charge is 2.54. The number of halogens is 6. The van der Waals surface area contributed by atoms with Crippen LogP contribution in [-0.4, -0.2) is 50.1 Å². The Labute approximate surface area is 352 Å². The molecule has 2 aliphatic rings. The van der Waals surface area contributed by atoms with Gasteiger partial charge in [0.1, 0.15) is 0 Å². The van der Waals surface area contributed by atoms with Crippen LogP contribution in [0.15, 0.2) is 107 Å². The van der Waals surface area contributed by atoms with Crippen LogP contribution in [0.3, 0.4) is 0 Å². The normalized spacial score (nSPS) is 20.2. The van der Waals surface area contributed by atoms with Gasteiger partial charge in [-0.3, -0.25) is 18.7 Å². The quantitative estimate of drug-likeness (QED) is 0.0485. The van der Waals surface area contributed by atoms with E-state index in [1.807, 2.05) is 0 Å². The van der Waals surface area contributed by atoms with Gasteiger partial charge in [0.2, 0.25) is 2.82 Å². The fourth-order valence-corrected chi connectivity index (χ4v) is 10.5. The second kappa shape index (κ2) is 16.0. The van der Waals surface area contributed by atoms with Crippen molar-refractivity contribution in [1.82, 2.24) is 10.6 Å². The molecule has 326 valence electrons. The van der Waals surface area contributed by atoms with Crippen LogP contribution in [0.25, 0.3) is 22.5 Å². The lowest BCUT2D eigenvalue weighted by molar-refractivity contribution is -0.172. The van der Waals surface area contributed by atoms with Crippen molar-refractivity contribution in [2.75, 3.05) is 0 Å². The smallest absolute Gasteiger partial charge is 0.316 e. The van der Waals surface area contributed by atoms with Crippen LogP contribution < -0.4 is 10.6 Å². The maximum Gasteiger partial charge on any atom is 0.471 e. The van der Waals surface area contributed by atoms with Crippen LogP contribution in [0, 0.1) is 11.0 Å². The molecule has 4 aromatic carbocycles. The zero-order valence-electron chi connectivity index (χ0n) is 34.1. The Morgan fingerprint density at radius 3 is 1.31 bits per heavy atom. The van der Waals surface area contributed by atoms with Crippen LogP contribution in [0.4, 0.5) is 26.3 Å². The third-order valence-electron chi connectivity index (χ3n) is 11.0. The highest BCUT2D eigenvalue weighted by atomic mass is 32.2. The summed E-state index contributed by atoms with van der Waals surface area (Å²) < 4.78 is 167. The first-order valence-corrected chi connectivity index (χ1v) is 21.1. The summed E-state index contributed by atoms with van der Waals surface area (Å²) in [5, 5.41) is 10.5. The third-order valence-corrected chi connectivity index (χ3v) is 13.9. The van der Waals surface area contributed by atoms with Crippen molar-refractivity contribution in [1.29, 1.82) is 11.0 Å². The predicted molar refractivity (Wildman–Crippen MR) is 210 cm³/mol. The molecule has 0 bridgehead atoms. The summed E-state index contributed by atoms with van der Waals surface area (Å²) >= 11 is 0. The summed E-state index contributed by atoms with van der Waals surface area (Å²) in [6.07, 6.45) is -12.2. The Hall–Kier alpha value is -6.10. The fourth-order valence-electron chi connectivity index (χ4n) is 8.15. The molecule has 6 N–H and O–H groups in total. The third kappa shape index (κ3) is 7.49. The number of allylic oxidation sites excluding steroid dienone is 2. The molecule has 0 heterocycles. The second-order valence-corrected chi connectivity index (χ2v) is 17.5. The number of amides is 2. The molecule has 2 amide bonds. The molecular weight excluding hydrogens is 871 g/mol. The highest BCUT2D eigenvalue weighted by Crippen LogP contribution is 2.53. The van der Waals surface area contributed by atoms with Gasteiger partial charge in [0.25, 0.3) is 20.2 Å². The van der Waals surface area contributed by atoms with Crippen LogP contribution in [0.2, 0.25) is 2.82 Å². The second-order valence-electron chi connectivity index (χ2n) is 14.2. The largest absolute Gasteiger partial charge is 0.471 e. The first-order chi connectivity index (χ1) is 29.9. The van der Waals surface area contributed by atoms with E-state index in [9.17, 15) is 61.9 Å². The number of nitrogens with zero attached hydrogens (tertiary/aromatic N) is 2. The van der Waals surface area contributed by atoms with E-state index in [1.54, 1.807) is 24.5 Å². The summed E-state index contributed by atoms with van der Waals surface area (Å²) in [6, 6.07) is 18.8. The Morgan fingerprint density at radius 1 is 0.645 bits per heavy atom. The molecule has 2 unspecified atom stereocenters. The molecule has 2 aliphatic carbocycles. The average molecular weight is 905 g/mol.